The molecule has 1 amide bonds. The number of hydrogen-bond donors (Lipinski definition) is 1. The number of hydrogen-bond acceptors (Lipinski definition) is 4. The first kappa shape index (κ1) is 17.5. The van der Waals surface area contributed by atoms with Gasteiger partial charge in [-0.1, -0.05) is 23.7 Å². The number of methoxy groups -OCH3 is 2. The molecule has 2 aromatic carbocycles. The number of benzene rings is 2. The summed E-state index contributed by atoms with van der Waals surface area (Å²) in [5.41, 5.74) is 0.623. The van der Waals surface area contributed by atoms with Crippen LogP contribution < -0.4 is 14.8 Å². The minimum Gasteiger partial charge on any atom is -0.497 e. The van der Waals surface area contributed by atoms with Crippen molar-refractivity contribution in [1.82, 2.24) is 0 Å². The first-order valence-electron chi connectivity index (χ1n) is 6.98. The maximum absolute atomic E-state index is 12.4. The van der Waals surface area contributed by atoms with Crippen molar-refractivity contribution in [1.29, 1.82) is 0 Å². The Kier molecular flexibility index (Phi) is 6.19. The Morgan fingerprint density at radius 1 is 1.13 bits per heavy atom. The van der Waals surface area contributed by atoms with Crippen molar-refractivity contribution < 1.29 is 14.3 Å². The molecular formula is C17H18ClNO3S. The third-order valence-corrected chi connectivity index (χ3v) is 4.75. The fourth-order valence-corrected chi connectivity index (χ4v) is 3.06. The number of rotatable bonds is 6. The van der Waals surface area contributed by atoms with Gasteiger partial charge in [-0.25, -0.2) is 0 Å². The van der Waals surface area contributed by atoms with E-state index in [0.717, 1.165) is 4.90 Å². The zero-order chi connectivity index (χ0) is 16.8. The third kappa shape index (κ3) is 4.81. The van der Waals surface area contributed by atoms with Crippen molar-refractivity contribution in [3.05, 3.63) is 47.5 Å². The van der Waals surface area contributed by atoms with Gasteiger partial charge in [-0.05, 0) is 19.1 Å². The summed E-state index contributed by atoms with van der Waals surface area (Å²) < 4.78 is 10.4. The molecule has 2 aromatic rings. The highest BCUT2D eigenvalue weighted by atomic mass is 35.5. The predicted molar refractivity (Wildman–Crippen MR) is 94.9 cm³/mol. The molecule has 0 heterocycles. The molecule has 0 aliphatic heterocycles. The summed E-state index contributed by atoms with van der Waals surface area (Å²) in [6.07, 6.45) is 0. The first-order chi connectivity index (χ1) is 11.0. The number of amides is 1. The minimum absolute atomic E-state index is 0.120. The highest BCUT2D eigenvalue weighted by Gasteiger charge is 2.16. The Morgan fingerprint density at radius 2 is 1.74 bits per heavy atom. The first-order valence-corrected chi connectivity index (χ1v) is 8.24. The monoisotopic (exact) mass is 351 g/mol. The van der Waals surface area contributed by atoms with E-state index in [1.807, 2.05) is 25.1 Å². The number of carbonyl (C=O) groups excluding carboxylic acids is 1. The van der Waals surface area contributed by atoms with Gasteiger partial charge in [0.1, 0.15) is 11.5 Å². The Morgan fingerprint density at radius 3 is 2.30 bits per heavy atom. The van der Waals surface area contributed by atoms with E-state index < -0.39 is 0 Å². The Balaban J connectivity index is 2.08. The van der Waals surface area contributed by atoms with Gasteiger partial charge in [0.2, 0.25) is 5.91 Å². The van der Waals surface area contributed by atoms with Gasteiger partial charge >= 0.3 is 0 Å². The van der Waals surface area contributed by atoms with Gasteiger partial charge in [0.15, 0.2) is 0 Å². The number of anilines is 1. The average molecular weight is 352 g/mol. The van der Waals surface area contributed by atoms with Crippen molar-refractivity contribution in [2.24, 2.45) is 0 Å². The number of thioether (sulfide) groups is 1. The standard InChI is InChI=1S/C17H18ClNO3S/c1-11(23-16-7-5-4-6-15(16)18)17(20)19-12-8-13(21-2)10-14(9-12)22-3/h4-11H,1-3H3,(H,19,20)/t11-/m0/s1. The summed E-state index contributed by atoms with van der Waals surface area (Å²) in [6.45, 7) is 1.83. The Labute approximate surface area is 145 Å². The van der Waals surface area contributed by atoms with Crippen LogP contribution in [-0.2, 0) is 4.79 Å². The lowest BCUT2D eigenvalue weighted by molar-refractivity contribution is -0.115. The summed E-state index contributed by atoms with van der Waals surface area (Å²) in [7, 11) is 3.13. The third-order valence-electron chi connectivity index (χ3n) is 3.13. The summed E-state index contributed by atoms with van der Waals surface area (Å²) in [4.78, 5) is 13.2. The van der Waals surface area contributed by atoms with Crippen molar-refractivity contribution in [2.75, 3.05) is 19.5 Å². The largest absolute Gasteiger partial charge is 0.497 e. The van der Waals surface area contributed by atoms with E-state index in [4.69, 9.17) is 21.1 Å². The number of ether oxygens (including phenoxy) is 2. The lowest BCUT2D eigenvalue weighted by Gasteiger charge is -2.14. The molecule has 6 heteroatoms. The maximum Gasteiger partial charge on any atom is 0.237 e. The molecule has 1 N–H and O–H groups in total. The van der Waals surface area contributed by atoms with E-state index in [1.165, 1.54) is 11.8 Å². The van der Waals surface area contributed by atoms with Crippen molar-refractivity contribution in [3.8, 4) is 11.5 Å². The van der Waals surface area contributed by atoms with Crippen molar-refractivity contribution in [3.63, 3.8) is 0 Å². The number of nitrogens with one attached hydrogen (secondary N) is 1. The minimum atomic E-state index is -0.299. The van der Waals surface area contributed by atoms with Gasteiger partial charge in [0.05, 0.1) is 24.5 Å². The molecule has 0 unspecified atom stereocenters. The van der Waals surface area contributed by atoms with Gasteiger partial charge in [0, 0.05) is 28.8 Å². The van der Waals surface area contributed by atoms with Crippen LogP contribution in [0.4, 0.5) is 5.69 Å². The SMILES string of the molecule is COc1cc(NC(=O)[C@H](C)Sc2ccccc2Cl)cc(OC)c1. The van der Waals surface area contributed by atoms with E-state index in [0.29, 0.717) is 22.2 Å². The van der Waals surface area contributed by atoms with Gasteiger partial charge in [0.25, 0.3) is 0 Å². The lowest BCUT2D eigenvalue weighted by atomic mass is 10.2. The molecule has 122 valence electrons. The summed E-state index contributed by atoms with van der Waals surface area (Å²) in [5.74, 6) is 1.11. The zero-order valence-corrected chi connectivity index (χ0v) is 14.7. The summed E-state index contributed by atoms with van der Waals surface area (Å²) >= 11 is 7.54. The van der Waals surface area contributed by atoms with Gasteiger partial charge in [-0.3, -0.25) is 4.79 Å². The van der Waals surface area contributed by atoms with Gasteiger partial charge in [-0.2, -0.15) is 0 Å². The fraction of sp³-hybridized carbons (Fsp3) is 0.235. The molecule has 0 spiro atoms. The van der Waals surface area contributed by atoms with Crippen LogP contribution in [0.5, 0.6) is 11.5 Å². The molecule has 0 bridgehead atoms. The van der Waals surface area contributed by atoms with E-state index in [1.54, 1.807) is 38.5 Å². The van der Waals surface area contributed by atoms with Crippen LogP contribution in [0.3, 0.4) is 0 Å². The van der Waals surface area contributed by atoms with Crippen LogP contribution in [0, 0.1) is 0 Å². The normalized spacial score (nSPS) is 11.7. The molecule has 23 heavy (non-hydrogen) atoms. The lowest BCUT2D eigenvalue weighted by Crippen LogP contribution is -2.22. The summed E-state index contributed by atoms with van der Waals surface area (Å²) in [6, 6.07) is 12.7. The molecule has 0 radical (unpaired) electrons. The number of carbonyl (C=O) groups is 1. The van der Waals surface area contributed by atoms with Crippen LogP contribution in [0.25, 0.3) is 0 Å². The van der Waals surface area contributed by atoms with Crippen LogP contribution in [-0.4, -0.2) is 25.4 Å². The second-order valence-corrected chi connectivity index (χ2v) is 6.57. The predicted octanol–water partition coefficient (Wildman–Crippen LogP) is 4.48. The quantitative estimate of drug-likeness (QED) is 0.780. The van der Waals surface area contributed by atoms with Crippen molar-refractivity contribution >= 4 is 35.0 Å². The van der Waals surface area contributed by atoms with E-state index >= 15 is 0 Å². The smallest absolute Gasteiger partial charge is 0.237 e. The topological polar surface area (TPSA) is 47.6 Å². The molecular weight excluding hydrogens is 334 g/mol. The van der Waals surface area contributed by atoms with E-state index in [9.17, 15) is 4.79 Å². The molecule has 2 rings (SSSR count). The highest BCUT2D eigenvalue weighted by Crippen LogP contribution is 2.31. The molecule has 0 saturated carbocycles. The molecule has 0 aliphatic carbocycles. The fourth-order valence-electron chi connectivity index (χ4n) is 1.91. The second-order valence-electron chi connectivity index (χ2n) is 4.78. The van der Waals surface area contributed by atoms with Gasteiger partial charge < -0.3 is 14.8 Å². The van der Waals surface area contributed by atoms with Crippen LogP contribution in [0.15, 0.2) is 47.4 Å². The molecule has 1 atom stereocenters. The van der Waals surface area contributed by atoms with Crippen LogP contribution >= 0.6 is 23.4 Å². The number of halogens is 1. The molecule has 0 saturated heterocycles. The molecule has 0 fully saturated rings. The van der Waals surface area contributed by atoms with E-state index in [-0.39, 0.29) is 11.2 Å². The van der Waals surface area contributed by atoms with Gasteiger partial charge in [-0.15, -0.1) is 11.8 Å². The second kappa shape index (κ2) is 8.13. The maximum atomic E-state index is 12.4. The van der Waals surface area contributed by atoms with Crippen LogP contribution in [0.2, 0.25) is 5.02 Å². The molecule has 0 aliphatic rings. The van der Waals surface area contributed by atoms with E-state index in [2.05, 4.69) is 5.32 Å². The molecule has 4 nitrogen and oxygen atoms in total. The Hall–Kier alpha value is -1.85. The van der Waals surface area contributed by atoms with Crippen molar-refractivity contribution in [2.45, 2.75) is 17.1 Å². The molecule has 0 aromatic heterocycles. The average Bonchev–Trinajstić information content (AvgIpc) is 2.56. The van der Waals surface area contributed by atoms with Crippen LogP contribution in [0.1, 0.15) is 6.92 Å². The Bertz CT molecular complexity index is 671. The highest BCUT2D eigenvalue weighted by molar-refractivity contribution is 8.00. The summed E-state index contributed by atoms with van der Waals surface area (Å²) in [5, 5.41) is 3.21. The zero-order valence-electron chi connectivity index (χ0n) is 13.1.